The number of likely N-dealkylation sites (tertiary alicyclic amines) is 1. The smallest absolute Gasteiger partial charge is 0.272 e. The van der Waals surface area contributed by atoms with Crippen LogP contribution in [0.25, 0.3) is 0 Å². The third-order valence-electron chi connectivity index (χ3n) is 5.35. The van der Waals surface area contributed by atoms with Crippen LogP contribution in [0.15, 0.2) is 12.4 Å². The van der Waals surface area contributed by atoms with Crippen molar-refractivity contribution in [2.75, 3.05) is 30.0 Å². The number of nitrogens with zero attached hydrogens (tertiary/aromatic N) is 4. The molecule has 2 aliphatic heterocycles. The highest BCUT2D eigenvalue weighted by Gasteiger charge is 2.32. The molecule has 2 atom stereocenters. The molecule has 0 bridgehead atoms. The summed E-state index contributed by atoms with van der Waals surface area (Å²) >= 11 is 0. The number of aromatic nitrogens is 2. The molecule has 8 heteroatoms. The fraction of sp³-hybridized carbons (Fsp3) is 0.706. The van der Waals surface area contributed by atoms with E-state index in [1.54, 1.807) is 6.07 Å². The molecule has 2 saturated heterocycles. The second-order valence-electron chi connectivity index (χ2n) is 6.99. The number of hydrogen-bond donors (Lipinski definition) is 0. The molecule has 0 radical (unpaired) electrons. The van der Waals surface area contributed by atoms with E-state index in [9.17, 15) is 13.2 Å². The number of hydrogen-bond acceptors (Lipinski definition) is 6. The summed E-state index contributed by atoms with van der Waals surface area (Å²) in [6.07, 6.45) is 6.17. The third-order valence-corrected chi connectivity index (χ3v) is 7.10. The Morgan fingerprint density at radius 1 is 1.32 bits per heavy atom. The normalized spacial score (nSPS) is 25.8. The van der Waals surface area contributed by atoms with E-state index in [0.29, 0.717) is 17.9 Å². The quantitative estimate of drug-likeness (QED) is 0.803. The molecule has 0 saturated carbocycles. The zero-order valence-corrected chi connectivity index (χ0v) is 15.7. The van der Waals surface area contributed by atoms with Crippen LogP contribution in [0, 0.1) is 0 Å². The van der Waals surface area contributed by atoms with Crippen molar-refractivity contribution in [1.82, 2.24) is 14.9 Å². The molecule has 3 heterocycles. The Hall–Kier alpha value is -1.70. The van der Waals surface area contributed by atoms with Gasteiger partial charge in [-0.3, -0.25) is 4.79 Å². The average molecular weight is 366 g/mol. The molecule has 7 nitrogen and oxygen atoms in total. The van der Waals surface area contributed by atoms with Gasteiger partial charge in [0.15, 0.2) is 9.84 Å². The van der Waals surface area contributed by atoms with Crippen molar-refractivity contribution in [1.29, 1.82) is 0 Å². The van der Waals surface area contributed by atoms with E-state index in [1.165, 1.54) is 6.33 Å². The molecule has 0 N–H and O–H groups in total. The zero-order chi connectivity index (χ0) is 18.0. The van der Waals surface area contributed by atoms with Gasteiger partial charge in [-0.2, -0.15) is 0 Å². The van der Waals surface area contributed by atoms with Gasteiger partial charge in [-0.1, -0.05) is 6.92 Å². The largest absolute Gasteiger partial charge is 0.356 e. The number of rotatable bonds is 4. The van der Waals surface area contributed by atoms with E-state index in [1.807, 2.05) is 16.8 Å². The Balaban J connectivity index is 1.78. The summed E-state index contributed by atoms with van der Waals surface area (Å²) in [5, 5.41) is 0. The molecule has 0 spiro atoms. The molecule has 2 fully saturated rings. The molecule has 25 heavy (non-hydrogen) atoms. The highest BCUT2D eigenvalue weighted by atomic mass is 32.2. The molecule has 2 unspecified atom stereocenters. The van der Waals surface area contributed by atoms with E-state index in [4.69, 9.17) is 0 Å². The first kappa shape index (κ1) is 18.1. The summed E-state index contributed by atoms with van der Waals surface area (Å²) in [5.74, 6) is 0.902. The van der Waals surface area contributed by atoms with Gasteiger partial charge in [0.1, 0.15) is 17.8 Å². The molecule has 0 aromatic carbocycles. The number of sulfone groups is 1. The zero-order valence-electron chi connectivity index (χ0n) is 14.9. The van der Waals surface area contributed by atoms with Crippen molar-refractivity contribution >= 4 is 21.6 Å². The maximum atomic E-state index is 12.9. The summed E-state index contributed by atoms with van der Waals surface area (Å²) in [6.45, 7) is 2.88. The predicted molar refractivity (Wildman–Crippen MR) is 96.5 cm³/mol. The molecule has 3 rings (SSSR count). The predicted octanol–water partition coefficient (Wildman–Crippen LogP) is 1.50. The maximum Gasteiger partial charge on any atom is 0.272 e. The molecule has 138 valence electrons. The summed E-state index contributed by atoms with van der Waals surface area (Å²) in [7, 11) is -1.13. The average Bonchev–Trinajstić information content (AvgIpc) is 3.00. The summed E-state index contributed by atoms with van der Waals surface area (Å²) in [6, 6.07) is 1.87. The van der Waals surface area contributed by atoms with Gasteiger partial charge in [0, 0.05) is 31.7 Å². The van der Waals surface area contributed by atoms with Crippen LogP contribution in [0.5, 0.6) is 0 Å². The van der Waals surface area contributed by atoms with Gasteiger partial charge in [0.2, 0.25) is 0 Å². The van der Waals surface area contributed by atoms with Crippen LogP contribution >= 0.6 is 0 Å². The van der Waals surface area contributed by atoms with Crippen LogP contribution < -0.4 is 4.90 Å². The molecular weight excluding hydrogens is 340 g/mol. The summed E-state index contributed by atoms with van der Waals surface area (Å²) in [5.41, 5.74) is 0.387. The Labute approximate surface area is 149 Å². The van der Waals surface area contributed by atoms with Crippen molar-refractivity contribution < 1.29 is 13.2 Å². The van der Waals surface area contributed by atoms with E-state index >= 15 is 0 Å². The molecule has 0 aliphatic carbocycles. The SMILES string of the molecule is CCC1CCCCN1C(=O)c1cc(N(C)C2CCS(=O)(=O)C2)ncn1. The second kappa shape index (κ2) is 7.27. The van der Waals surface area contributed by atoms with Crippen molar-refractivity contribution in [2.24, 2.45) is 0 Å². The monoisotopic (exact) mass is 366 g/mol. The Morgan fingerprint density at radius 3 is 2.80 bits per heavy atom. The fourth-order valence-electron chi connectivity index (χ4n) is 3.76. The minimum atomic E-state index is -2.96. The van der Waals surface area contributed by atoms with E-state index in [0.717, 1.165) is 32.2 Å². The lowest BCUT2D eigenvalue weighted by atomic mass is 9.99. The van der Waals surface area contributed by atoms with Gasteiger partial charge in [0.05, 0.1) is 11.5 Å². The van der Waals surface area contributed by atoms with E-state index < -0.39 is 9.84 Å². The molecule has 1 aromatic rings. The highest BCUT2D eigenvalue weighted by Crippen LogP contribution is 2.24. The van der Waals surface area contributed by atoms with Gasteiger partial charge in [-0.25, -0.2) is 18.4 Å². The van der Waals surface area contributed by atoms with Crippen LogP contribution in [-0.2, 0) is 9.84 Å². The first-order valence-electron chi connectivity index (χ1n) is 8.97. The maximum absolute atomic E-state index is 12.9. The first-order chi connectivity index (χ1) is 11.9. The van der Waals surface area contributed by atoms with E-state index in [2.05, 4.69) is 16.9 Å². The van der Waals surface area contributed by atoms with Crippen molar-refractivity contribution in [2.45, 2.75) is 51.1 Å². The number of carbonyl (C=O) groups is 1. The highest BCUT2D eigenvalue weighted by molar-refractivity contribution is 7.91. The van der Waals surface area contributed by atoms with Crippen LogP contribution in [0.4, 0.5) is 5.82 Å². The minimum absolute atomic E-state index is 0.0531. The topological polar surface area (TPSA) is 83.5 Å². The number of anilines is 1. The van der Waals surface area contributed by atoms with Gasteiger partial charge >= 0.3 is 0 Å². The van der Waals surface area contributed by atoms with Gasteiger partial charge in [-0.05, 0) is 32.1 Å². The Bertz CT molecular complexity index is 737. The second-order valence-corrected chi connectivity index (χ2v) is 9.21. The lowest BCUT2D eigenvalue weighted by molar-refractivity contribution is 0.0601. The van der Waals surface area contributed by atoms with Crippen molar-refractivity contribution in [3.8, 4) is 0 Å². The van der Waals surface area contributed by atoms with Crippen LogP contribution in [0.1, 0.15) is 49.5 Å². The number of piperidine rings is 1. The van der Waals surface area contributed by atoms with E-state index in [-0.39, 0.29) is 29.5 Å². The van der Waals surface area contributed by atoms with Gasteiger partial charge in [0.25, 0.3) is 5.91 Å². The van der Waals surface area contributed by atoms with Gasteiger partial charge in [-0.15, -0.1) is 0 Å². The lowest BCUT2D eigenvalue weighted by Gasteiger charge is -2.35. The molecule has 1 aromatic heterocycles. The Morgan fingerprint density at radius 2 is 2.12 bits per heavy atom. The molecule has 2 aliphatic rings. The fourth-order valence-corrected chi connectivity index (χ4v) is 5.54. The standard InChI is InChI=1S/C17H26N4O3S/c1-3-13-6-4-5-8-21(13)17(22)15-10-16(19-12-18-15)20(2)14-7-9-25(23,24)11-14/h10,12-14H,3-9,11H2,1-2H3. The summed E-state index contributed by atoms with van der Waals surface area (Å²) < 4.78 is 23.4. The number of amides is 1. The molecular formula is C17H26N4O3S. The Kier molecular flexibility index (Phi) is 5.27. The minimum Gasteiger partial charge on any atom is -0.356 e. The van der Waals surface area contributed by atoms with Crippen molar-refractivity contribution in [3.63, 3.8) is 0 Å². The van der Waals surface area contributed by atoms with Crippen LogP contribution in [-0.4, -0.2) is 66.4 Å². The lowest BCUT2D eigenvalue weighted by Crippen LogP contribution is -2.43. The molecule has 1 amide bonds. The van der Waals surface area contributed by atoms with Crippen LogP contribution in [0.2, 0.25) is 0 Å². The first-order valence-corrected chi connectivity index (χ1v) is 10.8. The third kappa shape index (κ3) is 3.94. The summed E-state index contributed by atoms with van der Waals surface area (Å²) in [4.78, 5) is 25.1. The number of carbonyl (C=O) groups excluding carboxylic acids is 1. The van der Waals surface area contributed by atoms with Crippen LogP contribution in [0.3, 0.4) is 0 Å². The van der Waals surface area contributed by atoms with Crippen molar-refractivity contribution in [3.05, 3.63) is 18.1 Å². The van der Waals surface area contributed by atoms with Gasteiger partial charge < -0.3 is 9.80 Å².